The summed E-state index contributed by atoms with van der Waals surface area (Å²) in [5.41, 5.74) is 0.467. The summed E-state index contributed by atoms with van der Waals surface area (Å²) < 4.78 is 0. The third kappa shape index (κ3) is 0.983. The molecule has 0 aromatic heterocycles. The van der Waals surface area contributed by atoms with Gasteiger partial charge < -0.3 is 5.11 Å². The van der Waals surface area contributed by atoms with Crippen molar-refractivity contribution < 1.29 is 5.11 Å². The molecule has 1 aliphatic carbocycles. The van der Waals surface area contributed by atoms with Gasteiger partial charge in [0.2, 0.25) is 0 Å². The highest BCUT2D eigenvalue weighted by molar-refractivity contribution is 5.00. The number of hydrogen-bond acceptors (Lipinski definition) is 1. The van der Waals surface area contributed by atoms with Crippen molar-refractivity contribution in [2.45, 2.75) is 27.2 Å². The van der Waals surface area contributed by atoms with E-state index in [9.17, 15) is 0 Å². The zero-order valence-corrected chi connectivity index (χ0v) is 6.52. The van der Waals surface area contributed by atoms with Crippen LogP contribution in [0.15, 0.2) is 0 Å². The molecular weight excluding hydrogens is 112 g/mol. The summed E-state index contributed by atoms with van der Waals surface area (Å²) in [6.07, 6.45) is 1.22. The second-order valence-electron chi connectivity index (χ2n) is 3.74. The van der Waals surface area contributed by atoms with Crippen LogP contribution in [0, 0.1) is 17.3 Å². The molecule has 0 saturated heterocycles. The third-order valence-corrected chi connectivity index (χ3v) is 3.00. The van der Waals surface area contributed by atoms with Crippen molar-refractivity contribution in [2.75, 3.05) is 6.61 Å². The predicted molar refractivity (Wildman–Crippen MR) is 38.1 cm³/mol. The standard InChI is InChI=1S/C8H16O/c1-6(2)8(3)4-7(8)5-9/h6-7,9H,4-5H2,1-3H3/t7-,8+/m1/s1. The number of hydrogen-bond donors (Lipinski definition) is 1. The quantitative estimate of drug-likeness (QED) is 0.599. The van der Waals surface area contributed by atoms with Crippen molar-refractivity contribution in [3.05, 3.63) is 0 Å². The van der Waals surface area contributed by atoms with Gasteiger partial charge in [-0.15, -0.1) is 0 Å². The fraction of sp³-hybridized carbons (Fsp3) is 1.00. The Balaban J connectivity index is 2.42. The van der Waals surface area contributed by atoms with Gasteiger partial charge in [-0.3, -0.25) is 0 Å². The first kappa shape index (κ1) is 7.07. The van der Waals surface area contributed by atoms with Crippen LogP contribution in [0.5, 0.6) is 0 Å². The highest BCUT2D eigenvalue weighted by Crippen LogP contribution is 2.56. The molecule has 0 bridgehead atoms. The van der Waals surface area contributed by atoms with Gasteiger partial charge in [-0.25, -0.2) is 0 Å². The van der Waals surface area contributed by atoms with E-state index in [2.05, 4.69) is 20.8 Å². The minimum atomic E-state index is 0.384. The number of aliphatic hydroxyl groups excluding tert-OH is 1. The van der Waals surface area contributed by atoms with Crippen LogP contribution < -0.4 is 0 Å². The Labute approximate surface area is 57.1 Å². The SMILES string of the molecule is CC(C)[C@]1(C)C[C@@H]1CO. The van der Waals surface area contributed by atoms with Gasteiger partial charge in [-0.2, -0.15) is 0 Å². The highest BCUT2D eigenvalue weighted by Gasteiger charge is 2.51. The fourth-order valence-corrected chi connectivity index (χ4v) is 1.45. The molecule has 0 radical (unpaired) electrons. The Bertz CT molecular complexity index is 109. The minimum absolute atomic E-state index is 0.384. The molecule has 0 heterocycles. The van der Waals surface area contributed by atoms with E-state index >= 15 is 0 Å². The second-order valence-corrected chi connectivity index (χ2v) is 3.74. The summed E-state index contributed by atoms with van der Waals surface area (Å²) >= 11 is 0. The van der Waals surface area contributed by atoms with E-state index in [1.54, 1.807) is 0 Å². The van der Waals surface area contributed by atoms with E-state index in [0.717, 1.165) is 5.92 Å². The molecule has 0 unspecified atom stereocenters. The van der Waals surface area contributed by atoms with Crippen LogP contribution in [0.1, 0.15) is 27.2 Å². The maximum atomic E-state index is 8.79. The van der Waals surface area contributed by atoms with Gasteiger partial charge >= 0.3 is 0 Å². The van der Waals surface area contributed by atoms with Gasteiger partial charge in [0.1, 0.15) is 0 Å². The largest absolute Gasteiger partial charge is 0.396 e. The Hall–Kier alpha value is -0.0400. The van der Waals surface area contributed by atoms with Crippen LogP contribution in [0.4, 0.5) is 0 Å². The smallest absolute Gasteiger partial charge is 0.0464 e. The lowest BCUT2D eigenvalue weighted by Crippen LogP contribution is -2.08. The Morgan fingerprint density at radius 2 is 2.22 bits per heavy atom. The van der Waals surface area contributed by atoms with E-state index in [1.807, 2.05) is 0 Å². The third-order valence-electron chi connectivity index (χ3n) is 3.00. The van der Waals surface area contributed by atoms with Crippen molar-refractivity contribution in [2.24, 2.45) is 17.3 Å². The lowest BCUT2D eigenvalue weighted by Gasteiger charge is -2.13. The average Bonchev–Trinajstić information content (AvgIpc) is 2.44. The lowest BCUT2D eigenvalue weighted by atomic mass is 9.92. The molecule has 1 aliphatic rings. The van der Waals surface area contributed by atoms with E-state index in [4.69, 9.17) is 5.11 Å². The molecular formula is C8H16O. The van der Waals surface area contributed by atoms with Crippen LogP contribution >= 0.6 is 0 Å². The summed E-state index contributed by atoms with van der Waals surface area (Å²) in [6, 6.07) is 0. The molecule has 2 atom stereocenters. The van der Waals surface area contributed by atoms with Gasteiger partial charge in [0.25, 0.3) is 0 Å². The maximum Gasteiger partial charge on any atom is 0.0464 e. The highest BCUT2D eigenvalue weighted by atomic mass is 16.3. The topological polar surface area (TPSA) is 20.2 Å². The first-order valence-electron chi connectivity index (χ1n) is 3.72. The summed E-state index contributed by atoms with van der Waals surface area (Å²) in [6.45, 7) is 7.11. The summed E-state index contributed by atoms with van der Waals surface area (Å²) in [4.78, 5) is 0. The molecule has 1 heteroatoms. The van der Waals surface area contributed by atoms with Crippen LogP contribution in [-0.4, -0.2) is 11.7 Å². The molecule has 9 heavy (non-hydrogen) atoms. The number of aliphatic hydroxyl groups is 1. The van der Waals surface area contributed by atoms with E-state index in [-0.39, 0.29) is 0 Å². The van der Waals surface area contributed by atoms with Crippen molar-refractivity contribution in [3.8, 4) is 0 Å². The van der Waals surface area contributed by atoms with Gasteiger partial charge in [-0.05, 0) is 23.7 Å². The van der Waals surface area contributed by atoms with E-state index < -0.39 is 0 Å². The van der Waals surface area contributed by atoms with Crippen LogP contribution in [0.2, 0.25) is 0 Å². The summed E-state index contributed by atoms with van der Waals surface area (Å²) in [5, 5.41) is 8.79. The van der Waals surface area contributed by atoms with Crippen molar-refractivity contribution in [1.82, 2.24) is 0 Å². The zero-order chi connectivity index (χ0) is 7.07. The van der Waals surface area contributed by atoms with Crippen molar-refractivity contribution >= 4 is 0 Å². The second kappa shape index (κ2) is 1.98. The van der Waals surface area contributed by atoms with Gasteiger partial charge in [0.15, 0.2) is 0 Å². The minimum Gasteiger partial charge on any atom is -0.396 e. The molecule has 1 rings (SSSR count). The van der Waals surface area contributed by atoms with Gasteiger partial charge in [0.05, 0.1) is 0 Å². The lowest BCUT2D eigenvalue weighted by molar-refractivity contribution is 0.233. The summed E-state index contributed by atoms with van der Waals surface area (Å²) in [7, 11) is 0. The number of rotatable bonds is 2. The molecule has 0 amide bonds. The fourth-order valence-electron chi connectivity index (χ4n) is 1.45. The molecule has 0 aromatic rings. The Morgan fingerprint density at radius 3 is 2.33 bits per heavy atom. The normalized spacial score (nSPS) is 41.7. The maximum absolute atomic E-state index is 8.79. The molecule has 0 aromatic carbocycles. The van der Waals surface area contributed by atoms with E-state index in [0.29, 0.717) is 17.9 Å². The molecule has 1 fully saturated rings. The summed E-state index contributed by atoms with van der Waals surface area (Å²) in [5.74, 6) is 1.33. The first-order chi connectivity index (χ1) is 4.11. The van der Waals surface area contributed by atoms with Gasteiger partial charge in [-0.1, -0.05) is 20.8 Å². The molecule has 1 nitrogen and oxygen atoms in total. The molecule has 0 aliphatic heterocycles. The van der Waals surface area contributed by atoms with Crippen LogP contribution in [0.25, 0.3) is 0 Å². The van der Waals surface area contributed by atoms with Crippen molar-refractivity contribution in [1.29, 1.82) is 0 Å². The monoisotopic (exact) mass is 128 g/mol. The van der Waals surface area contributed by atoms with Crippen LogP contribution in [0.3, 0.4) is 0 Å². The molecule has 54 valence electrons. The van der Waals surface area contributed by atoms with Crippen LogP contribution in [-0.2, 0) is 0 Å². The zero-order valence-electron chi connectivity index (χ0n) is 6.52. The molecule has 1 N–H and O–H groups in total. The van der Waals surface area contributed by atoms with Crippen molar-refractivity contribution in [3.63, 3.8) is 0 Å². The van der Waals surface area contributed by atoms with E-state index in [1.165, 1.54) is 6.42 Å². The molecule has 1 saturated carbocycles. The Morgan fingerprint density at radius 1 is 1.67 bits per heavy atom. The molecule has 0 spiro atoms. The Kier molecular flexibility index (Phi) is 1.55. The predicted octanol–water partition coefficient (Wildman–Crippen LogP) is 1.66. The first-order valence-corrected chi connectivity index (χ1v) is 3.72. The van der Waals surface area contributed by atoms with Gasteiger partial charge in [0, 0.05) is 6.61 Å². The average molecular weight is 128 g/mol.